The van der Waals surface area contributed by atoms with Gasteiger partial charge in [-0.15, -0.1) is 12.6 Å². The molecule has 2 saturated heterocycles. The Balaban J connectivity index is 0.000000162. The second kappa shape index (κ2) is 14.2. The number of ketones is 2. The zero-order valence-corrected chi connectivity index (χ0v) is 38.8. The average Bonchev–Trinajstić information content (AvgIpc) is 3.81. The molecular formula is C47H57F5O10S2. The molecule has 0 unspecified atom stereocenters. The van der Waals surface area contributed by atoms with Gasteiger partial charge in [-0.3, -0.25) is 19.2 Å². The average molecular weight is 941 g/mol. The summed E-state index contributed by atoms with van der Waals surface area (Å²) in [5.74, 6) is -5.82. The normalized spacial score (nSPS) is 53.2. The fourth-order valence-corrected chi connectivity index (χ4v) is 16.6. The number of fused-ring (bicyclic) bond motifs is 14. The Hall–Kier alpha value is -2.25. The summed E-state index contributed by atoms with van der Waals surface area (Å²) in [5.41, 5.74) is -12.4. The number of carbonyl (C=O) groups excluding carboxylic acids is 4. The second-order valence-electron chi connectivity index (χ2n) is 21.7. The van der Waals surface area contributed by atoms with Crippen molar-refractivity contribution in [2.45, 2.75) is 165 Å². The number of hydrogen-bond donors (Lipinski definition) is 3. The molecule has 18 atom stereocenters. The zero-order valence-electron chi connectivity index (χ0n) is 37.1. The van der Waals surface area contributed by atoms with Gasteiger partial charge in [-0.05, 0) is 127 Å². The number of ether oxygens (including phenoxy) is 4. The van der Waals surface area contributed by atoms with Crippen LogP contribution in [0.3, 0.4) is 0 Å². The fourth-order valence-electron chi connectivity index (χ4n) is 15.5. The number of alkyl halides is 5. The molecule has 2 aliphatic heterocycles. The maximum atomic E-state index is 17.2. The topological polar surface area (TPSA) is 146 Å². The van der Waals surface area contributed by atoms with E-state index in [9.17, 15) is 33.8 Å². The van der Waals surface area contributed by atoms with Crippen LogP contribution in [0, 0.1) is 45.3 Å². The monoisotopic (exact) mass is 940 g/mol. The Bertz CT molecular complexity index is 2240. The van der Waals surface area contributed by atoms with E-state index in [0.717, 1.165) is 6.08 Å². The summed E-state index contributed by atoms with van der Waals surface area (Å²) in [6.45, 7) is 13.4. The Kier molecular flexibility index (Phi) is 10.4. The number of carbonyl (C=O) groups is 4. The molecule has 352 valence electrons. The molecule has 8 fully saturated rings. The summed E-state index contributed by atoms with van der Waals surface area (Å²) >= 11 is 4.62. The third-order valence-corrected chi connectivity index (χ3v) is 19.1. The van der Waals surface area contributed by atoms with Crippen LogP contribution in [0.2, 0.25) is 0 Å². The predicted octanol–water partition coefficient (Wildman–Crippen LogP) is 7.25. The van der Waals surface area contributed by atoms with E-state index < -0.39 is 138 Å². The molecule has 64 heavy (non-hydrogen) atoms. The van der Waals surface area contributed by atoms with Crippen molar-refractivity contribution in [1.29, 1.82) is 0 Å². The van der Waals surface area contributed by atoms with Crippen molar-refractivity contribution in [3.8, 4) is 0 Å². The van der Waals surface area contributed by atoms with Crippen LogP contribution in [0.4, 0.5) is 22.0 Å². The molecule has 0 bridgehead atoms. The van der Waals surface area contributed by atoms with Gasteiger partial charge in [0.25, 0.3) is 0 Å². The highest BCUT2D eigenvalue weighted by Crippen LogP contribution is 2.75. The lowest BCUT2D eigenvalue weighted by Gasteiger charge is -2.63. The Morgan fingerprint density at radius 3 is 1.48 bits per heavy atom. The van der Waals surface area contributed by atoms with Crippen LogP contribution in [0.25, 0.3) is 0 Å². The molecule has 0 radical (unpaired) electrons. The van der Waals surface area contributed by atoms with Crippen molar-refractivity contribution >= 4 is 46.2 Å². The van der Waals surface area contributed by atoms with Crippen molar-refractivity contribution in [3.05, 3.63) is 47.6 Å². The quantitative estimate of drug-likeness (QED) is 0.194. The Morgan fingerprint density at radius 1 is 0.688 bits per heavy atom. The van der Waals surface area contributed by atoms with E-state index in [4.69, 9.17) is 18.9 Å². The van der Waals surface area contributed by atoms with Crippen LogP contribution in [-0.2, 0) is 38.1 Å². The number of aliphatic hydroxyl groups excluding tert-OH is 2. The first-order valence-electron chi connectivity index (χ1n) is 22.1. The molecule has 8 aliphatic carbocycles. The van der Waals surface area contributed by atoms with Gasteiger partial charge in [-0.25, -0.2) is 22.0 Å². The van der Waals surface area contributed by atoms with Crippen LogP contribution in [0.15, 0.2) is 47.6 Å². The number of rotatable bonds is 3. The third-order valence-electron chi connectivity index (χ3n) is 18.0. The Labute approximate surface area is 379 Å². The number of thiol groups is 1. The number of thioether (sulfide) groups is 1. The molecule has 0 aromatic heterocycles. The van der Waals surface area contributed by atoms with Gasteiger partial charge in [0.15, 0.2) is 45.7 Å². The molecule has 0 amide bonds. The molecule has 10 nitrogen and oxygen atoms in total. The lowest BCUT2D eigenvalue weighted by atomic mass is 9.44. The van der Waals surface area contributed by atoms with Gasteiger partial charge in [0.05, 0.1) is 24.4 Å². The van der Waals surface area contributed by atoms with Gasteiger partial charge in [0.2, 0.25) is 10.2 Å². The van der Waals surface area contributed by atoms with Crippen molar-refractivity contribution in [1.82, 2.24) is 0 Å². The van der Waals surface area contributed by atoms with E-state index in [0.29, 0.717) is 18.2 Å². The number of aliphatic hydroxyl groups is 2. The highest BCUT2D eigenvalue weighted by Gasteiger charge is 2.82. The molecule has 0 spiro atoms. The summed E-state index contributed by atoms with van der Waals surface area (Å²) < 4.78 is 103. The summed E-state index contributed by atoms with van der Waals surface area (Å²) in [7, 11) is 0. The molecule has 2 heterocycles. The summed E-state index contributed by atoms with van der Waals surface area (Å²) in [6.07, 6.45) is -0.0944. The SMILES string of the molecule is CC1(C)O[C@@H]2C[C@H]3[C@@H]4C[C@H](F)C5=CC(=O)C=C[C@]5(C)[C@@]4(F)[C@@H](O)C[C@]3(C)[C@]2(C(=O)S)O1.CC1(C)O[C@@H]2C[C@H]3[C@@H]4C[C@H](F)C5=CC(=O)C=C[C@]5(C)[C@@]4(F)[C@@H](O)C[C@]3(C)[C@]2(C(=O)SCF)O1. The van der Waals surface area contributed by atoms with E-state index in [-0.39, 0.29) is 49.0 Å². The first-order valence-corrected chi connectivity index (χ1v) is 23.6. The van der Waals surface area contributed by atoms with Crippen LogP contribution >= 0.6 is 24.4 Å². The summed E-state index contributed by atoms with van der Waals surface area (Å²) in [5, 5.41) is 21.6. The van der Waals surface area contributed by atoms with Gasteiger partial charge in [-0.1, -0.05) is 37.8 Å². The van der Waals surface area contributed by atoms with E-state index in [1.54, 1.807) is 48.5 Å². The first-order chi connectivity index (χ1) is 29.5. The van der Waals surface area contributed by atoms with Gasteiger partial charge in [0.1, 0.15) is 18.3 Å². The molecule has 17 heteroatoms. The molecule has 10 rings (SSSR count). The minimum Gasteiger partial charge on any atom is -0.390 e. The summed E-state index contributed by atoms with van der Waals surface area (Å²) in [4.78, 5) is 50.1. The largest absolute Gasteiger partial charge is 0.390 e. The molecule has 2 N–H and O–H groups in total. The minimum absolute atomic E-state index is 0.0435. The van der Waals surface area contributed by atoms with Gasteiger partial charge in [-0.2, -0.15) is 0 Å². The van der Waals surface area contributed by atoms with Gasteiger partial charge in [0, 0.05) is 33.5 Å². The highest BCUT2D eigenvalue weighted by molar-refractivity contribution is 8.13. The first kappa shape index (κ1) is 46.8. The van der Waals surface area contributed by atoms with Crippen LogP contribution in [-0.4, -0.2) is 109 Å². The van der Waals surface area contributed by atoms with Crippen molar-refractivity contribution in [3.63, 3.8) is 0 Å². The standard InChI is InChI=1S/C24H29F3O5S.C23H28F2O5S/c1-20(2)31-18-9-13-14-8-16(26)15-7-12(28)5-6-21(15,3)23(14,27)17(29)10-22(13,4)24(18,32-20)19(30)33-11-25;1-19(2)29-17-9-12-13-8-15(24)14-7-11(26)5-6-20(14,3)22(13,25)16(27)10-21(12,4)23(17,30-19)18(28)31/h5-7,13-14,16-18,29H,8-11H2,1-4H3;5-7,12-13,15-17,27H,8-10H2,1-4H3,(H,28,31)/t13-,14-,16-,17-,18+,21-,22-,23-,24-;12-,13-,15-,16-,17+,20-,21-,22-,23-/m00/s1. The molecule has 0 aromatic carbocycles. The zero-order chi connectivity index (χ0) is 47.0. The van der Waals surface area contributed by atoms with Crippen LogP contribution in [0.5, 0.6) is 0 Å². The second-order valence-corrected chi connectivity index (χ2v) is 23.0. The fraction of sp³-hybridized carbons (Fsp3) is 0.745. The van der Waals surface area contributed by atoms with Crippen molar-refractivity contribution < 1.29 is 70.3 Å². The number of allylic oxidation sites excluding steroid dienone is 8. The van der Waals surface area contributed by atoms with E-state index in [2.05, 4.69) is 12.6 Å². The highest BCUT2D eigenvalue weighted by atomic mass is 32.2. The van der Waals surface area contributed by atoms with Gasteiger partial charge >= 0.3 is 0 Å². The number of halogens is 5. The third kappa shape index (κ3) is 5.55. The van der Waals surface area contributed by atoms with Crippen LogP contribution in [0.1, 0.15) is 93.9 Å². The molecular weight excluding hydrogens is 884 g/mol. The lowest BCUT2D eigenvalue weighted by Crippen LogP contribution is -2.70. The van der Waals surface area contributed by atoms with Crippen molar-refractivity contribution in [2.75, 3.05) is 6.01 Å². The maximum Gasteiger partial charge on any atom is 0.226 e. The number of hydrogen-bond acceptors (Lipinski definition) is 11. The Morgan fingerprint density at radius 2 is 1.08 bits per heavy atom. The van der Waals surface area contributed by atoms with E-state index >= 15 is 17.6 Å². The molecule has 6 saturated carbocycles. The minimum atomic E-state index is -2.26. The maximum absolute atomic E-state index is 17.2. The molecule has 10 aliphatic rings. The lowest BCUT2D eigenvalue weighted by molar-refractivity contribution is -0.246. The van der Waals surface area contributed by atoms with E-state index in [1.165, 1.54) is 37.3 Å². The summed E-state index contributed by atoms with van der Waals surface area (Å²) in [6, 6.07) is -0.950. The smallest absolute Gasteiger partial charge is 0.226 e. The van der Waals surface area contributed by atoms with Crippen LogP contribution < -0.4 is 0 Å². The van der Waals surface area contributed by atoms with E-state index in [1.807, 2.05) is 0 Å². The van der Waals surface area contributed by atoms with Crippen molar-refractivity contribution in [2.24, 2.45) is 45.3 Å². The molecule has 0 aromatic rings. The predicted molar refractivity (Wildman–Crippen MR) is 226 cm³/mol. The van der Waals surface area contributed by atoms with Gasteiger partial charge < -0.3 is 29.2 Å².